The highest BCUT2D eigenvalue weighted by atomic mass is 16.2. The third-order valence-electron chi connectivity index (χ3n) is 4.39. The summed E-state index contributed by atoms with van der Waals surface area (Å²) < 4.78 is 0. The second-order valence-electron chi connectivity index (χ2n) is 6.57. The normalized spacial score (nSPS) is 23.9. The zero-order valence-corrected chi connectivity index (χ0v) is 13.8. The number of carbonyl (C=O) groups excluding carboxylic acids is 4. The van der Waals surface area contributed by atoms with Gasteiger partial charge in [-0.15, -0.1) is 0 Å². The second kappa shape index (κ2) is 7.57. The number of amides is 4. The van der Waals surface area contributed by atoms with E-state index < -0.39 is 0 Å². The third kappa shape index (κ3) is 4.30. The molecule has 1 aliphatic heterocycles. The zero-order chi connectivity index (χ0) is 17.0. The molecule has 1 saturated carbocycles. The van der Waals surface area contributed by atoms with Gasteiger partial charge in [-0.2, -0.15) is 0 Å². The number of likely N-dealkylation sites (tertiary alicyclic amines) is 1. The smallest absolute Gasteiger partial charge is 0.239 e. The molecule has 23 heavy (non-hydrogen) atoms. The average molecular weight is 323 g/mol. The minimum atomic E-state index is -0.334. The van der Waals surface area contributed by atoms with E-state index in [1.807, 2.05) is 13.8 Å². The molecule has 0 aromatic carbocycles. The van der Waals surface area contributed by atoms with Crippen LogP contribution in [0.4, 0.5) is 0 Å². The maximum atomic E-state index is 12.3. The van der Waals surface area contributed by atoms with E-state index >= 15 is 0 Å². The first-order valence-corrected chi connectivity index (χ1v) is 8.31. The van der Waals surface area contributed by atoms with Crippen LogP contribution in [0.25, 0.3) is 0 Å². The lowest BCUT2D eigenvalue weighted by molar-refractivity contribution is -0.140. The molecule has 0 spiro atoms. The summed E-state index contributed by atoms with van der Waals surface area (Å²) in [7, 11) is 0. The van der Waals surface area contributed by atoms with E-state index in [0.717, 1.165) is 25.7 Å². The van der Waals surface area contributed by atoms with Crippen molar-refractivity contribution in [3.05, 3.63) is 0 Å². The fraction of sp³-hybridized carbons (Fsp3) is 0.750. The Hall–Kier alpha value is -1.92. The predicted octanol–water partition coefficient (Wildman–Crippen LogP) is 0.192. The van der Waals surface area contributed by atoms with E-state index in [1.54, 1.807) is 0 Å². The van der Waals surface area contributed by atoms with Crippen molar-refractivity contribution in [2.75, 3.05) is 13.1 Å². The van der Waals surface area contributed by atoms with Gasteiger partial charge in [0.15, 0.2) is 0 Å². The van der Waals surface area contributed by atoms with Crippen LogP contribution in [0.2, 0.25) is 0 Å². The number of rotatable bonds is 6. The third-order valence-corrected chi connectivity index (χ3v) is 4.39. The Morgan fingerprint density at radius 2 is 1.65 bits per heavy atom. The first-order valence-electron chi connectivity index (χ1n) is 8.31. The molecule has 2 aliphatic rings. The molecular formula is C16H25N3O4. The van der Waals surface area contributed by atoms with Gasteiger partial charge in [-0.3, -0.25) is 24.1 Å². The van der Waals surface area contributed by atoms with Crippen LogP contribution in [0, 0.1) is 11.8 Å². The Balaban J connectivity index is 1.77. The van der Waals surface area contributed by atoms with Gasteiger partial charge in [0.25, 0.3) is 0 Å². The Morgan fingerprint density at radius 3 is 2.17 bits per heavy atom. The molecule has 1 aliphatic carbocycles. The fourth-order valence-electron chi connectivity index (χ4n) is 3.30. The molecule has 1 heterocycles. The zero-order valence-electron chi connectivity index (χ0n) is 13.8. The van der Waals surface area contributed by atoms with Crippen LogP contribution in [0.3, 0.4) is 0 Å². The van der Waals surface area contributed by atoms with Crippen molar-refractivity contribution >= 4 is 23.6 Å². The molecule has 0 unspecified atom stereocenters. The van der Waals surface area contributed by atoms with Crippen molar-refractivity contribution in [1.82, 2.24) is 15.5 Å². The number of fused-ring (bicyclic) bond motifs is 1. The van der Waals surface area contributed by atoms with Crippen LogP contribution < -0.4 is 10.6 Å². The van der Waals surface area contributed by atoms with E-state index in [1.165, 1.54) is 4.90 Å². The highest BCUT2D eigenvalue weighted by Crippen LogP contribution is 2.37. The van der Waals surface area contributed by atoms with Crippen molar-refractivity contribution in [3.63, 3.8) is 0 Å². The van der Waals surface area contributed by atoms with Gasteiger partial charge < -0.3 is 10.6 Å². The lowest BCUT2D eigenvalue weighted by Gasteiger charge is -2.19. The van der Waals surface area contributed by atoms with Crippen molar-refractivity contribution in [1.29, 1.82) is 0 Å². The lowest BCUT2D eigenvalue weighted by atomic mass is 9.81. The summed E-state index contributed by atoms with van der Waals surface area (Å²) in [5, 5.41) is 5.17. The van der Waals surface area contributed by atoms with Crippen LogP contribution in [0.1, 0.15) is 46.0 Å². The topological polar surface area (TPSA) is 95.6 Å². The van der Waals surface area contributed by atoms with Crippen LogP contribution in [0.5, 0.6) is 0 Å². The highest BCUT2D eigenvalue weighted by Gasteiger charge is 2.47. The summed E-state index contributed by atoms with van der Waals surface area (Å²) >= 11 is 0. The summed E-state index contributed by atoms with van der Waals surface area (Å²) in [5.74, 6) is -1.23. The van der Waals surface area contributed by atoms with Crippen molar-refractivity contribution in [3.8, 4) is 0 Å². The molecule has 2 N–H and O–H groups in total. The first-order chi connectivity index (χ1) is 10.9. The Bertz CT molecular complexity index is 480. The number of hydrogen-bond acceptors (Lipinski definition) is 4. The maximum Gasteiger partial charge on any atom is 0.239 e. The van der Waals surface area contributed by atoms with Crippen LogP contribution in [-0.4, -0.2) is 47.7 Å². The van der Waals surface area contributed by atoms with E-state index in [0.29, 0.717) is 0 Å². The van der Waals surface area contributed by atoms with Gasteiger partial charge in [0.2, 0.25) is 23.6 Å². The summed E-state index contributed by atoms with van der Waals surface area (Å²) in [5.41, 5.74) is 0. The van der Waals surface area contributed by atoms with E-state index in [-0.39, 0.29) is 61.0 Å². The summed E-state index contributed by atoms with van der Waals surface area (Å²) in [6, 6.07) is 0.0163. The standard InChI is InChI=1S/C16H25N3O4/c1-10(2)18-14(21)9-17-13(20)7-8-19-15(22)11-5-3-4-6-12(11)16(19)23/h10-12H,3-9H2,1-2H3,(H,17,20)(H,18,21)/t11-,12-/m0/s1. The molecule has 7 heteroatoms. The molecular weight excluding hydrogens is 298 g/mol. The van der Waals surface area contributed by atoms with E-state index in [4.69, 9.17) is 0 Å². The number of imide groups is 1. The molecule has 1 saturated heterocycles. The van der Waals surface area contributed by atoms with Crippen LogP contribution in [-0.2, 0) is 19.2 Å². The Kier molecular flexibility index (Phi) is 5.74. The number of hydrogen-bond donors (Lipinski definition) is 2. The minimum absolute atomic E-state index is 0.0163. The molecule has 0 aromatic rings. The monoisotopic (exact) mass is 323 g/mol. The van der Waals surface area contributed by atoms with Gasteiger partial charge >= 0.3 is 0 Å². The van der Waals surface area contributed by atoms with Gasteiger partial charge in [0.05, 0.1) is 18.4 Å². The highest BCUT2D eigenvalue weighted by molar-refractivity contribution is 6.05. The molecule has 0 aromatic heterocycles. The summed E-state index contributed by atoms with van der Waals surface area (Å²) in [6.45, 7) is 3.68. The Labute approximate surface area is 136 Å². The molecule has 128 valence electrons. The molecule has 0 radical (unpaired) electrons. The maximum absolute atomic E-state index is 12.3. The minimum Gasteiger partial charge on any atom is -0.352 e. The van der Waals surface area contributed by atoms with Crippen molar-refractivity contribution < 1.29 is 19.2 Å². The molecule has 2 fully saturated rings. The van der Waals surface area contributed by atoms with Gasteiger partial charge in [0, 0.05) is 19.0 Å². The fourth-order valence-corrected chi connectivity index (χ4v) is 3.30. The van der Waals surface area contributed by atoms with Gasteiger partial charge in [-0.25, -0.2) is 0 Å². The number of carbonyl (C=O) groups is 4. The number of nitrogens with one attached hydrogen (secondary N) is 2. The van der Waals surface area contributed by atoms with Crippen LogP contribution in [0.15, 0.2) is 0 Å². The van der Waals surface area contributed by atoms with Gasteiger partial charge in [0.1, 0.15) is 0 Å². The second-order valence-corrected chi connectivity index (χ2v) is 6.57. The van der Waals surface area contributed by atoms with Gasteiger partial charge in [-0.1, -0.05) is 12.8 Å². The Morgan fingerprint density at radius 1 is 1.09 bits per heavy atom. The SMILES string of the molecule is CC(C)NC(=O)CNC(=O)CCN1C(=O)[C@H]2CCCC[C@@H]2C1=O. The van der Waals surface area contributed by atoms with Crippen molar-refractivity contribution in [2.24, 2.45) is 11.8 Å². The van der Waals surface area contributed by atoms with E-state index in [9.17, 15) is 19.2 Å². The molecule has 7 nitrogen and oxygen atoms in total. The van der Waals surface area contributed by atoms with Gasteiger partial charge in [-0.05, 0) is 26.7 Å². The lowest BCUT2D eigenvalue weighted by Crippen LogP contribution is -2.41. The first kappa shape index (κ1) is 17.4. The number of nitrogens with zero attached hydrogens (tertiary/aromatic N) is 1. The van der Waals surface area contributed by atoms with E-state index in [2.05, 4.69) is 10.6 Å². The molecule has 2 rings (SSSR count). The average Bonchev–Trinajstić information content (AvgIpc) is 2.75. The largest absolute Gasteiger partial charge is 0.352 e. The van der Waals surface area contributed by atoms with Crippen LogP contribution >= 0.6 is 0 Å². The molecule has 2 atom stereocenters. The molecule has 0 bridgehead atoms. The molecule has 4 amide bonds. The summed E-state index contributed by atoms with van der Waals surface area (Å²) in [6.07, 6.45) is 3.55. The van der Waals surface area contributed by atoms with Crippen molar-refractivity contribution in [2.45, 2.75) is 52.0 Å². The quantitative estimate of drug-likeness (QED) is 0.682. The summed E-state index contributed by atoms with van der Waals surface area (Å²) in [4.78, 5) is 49.0. The predicted molar refractivity (Wildman–Crippen MR) is 83.1 cm³/mol.